The molecule has 0 radical (unpaired) electrons. The van der Waals surface area contributed by atoms with E-state index >= 15 is 0 Å². The highest BCUT2D eigenvalue weighted by molar-refractivity contribution is 7.89. The minimum atomic E-state index is -3.06. The number of nitrogens with one attached hydrogen (secondary N) is 1. The second-order valence-corrected chi connectivity index (χ2v) is 8.05. The average Bonchev–Trinajstić information content (AvgIpc) is 3.13. The molecule has 0 spiro atoms. The molecule has 0 atom stereocenters. The maximum atomic E-state index is 12.3. The molecular formula is C13H26N2O2S. The predicted molar refractivity (Wildman–Crippen MR) is 74.0 cm³/mol. The van der Waals surface area contributed by atoms with Crippen LogP contribution in [0.1, 0.15) is 46.0 Å². The van der Waals surface area contributed by atoms with Gasteiger partial charge in [0.2, 0.25) is 10.0 Å². The molecule has 0 aliphatic heterocycles. The molecule has 1 N–H and O–H groups in total. The Bertz CT molecular complexity index is 359. The largest absolute Gasteiger partial charge is 0.314 e. The van der Waals surface area contributed by atoms with Crippen molar-refractivity contribution in [3.63, 3.8) is 0 Å². The van der Waals surface area contributed by atoms with Gasteiger partial charge in [-0.2, -0.15) is 4.31 Å². The fraction of sp³-hybridized carbons (Fsp3) is 1.00. The van der Waals surface area contributed by atoms with Crippen molar-refractivity contribution in [2.24, 2.45) is 5.92 Å². The molecule has 0 aromatic rings. The van der Waals surface area contributed by atoms with Gasteiger partial charge in [0.25, 0.3) is 0 Å². The van der Waals surface area contributed by atoms with Crippen molar-refractivity contribution in [2.75, 3.05) is 18.8 Å². The lowest BCUT2D eigenvalue weighted by Crippen LogP contribution is -2.40. The maximum Gasteiger partial charge on any atom is 0.214 e. The Morgan fingerprint density at radius 1 is 1.22 bits per heavy atom. The lowest BCUT2D eigenvalue weighted by molar-refractivity contribution is 0.341. The Balaban J connectivity index is 1.76. The van der Waals surface area contributed by atoms with Crippen LogP contribution in [0.2, 0.25) is 0 Å². The monoisotopic (exact) mass is 274 g/mol. The van der Waals surface area contributed by atoms with Gasteiger partial charge in [0.1, 0.15) is 0 Å². The van der Waals surface area contributed by atoms with Gasteiger partial charge in [-0.15, -0.1) is 0 Å². The molecule has 2 aliphatic carbocycles. The van der Waals surface area contributed by atoms with Crippen molar-refractivity contribution in [1.29, 1.82) is 0 Å². The third-order valence-corrected chi connectivity index (χ3v) is 5.75. The fourth-order valence-corrected chi connectivity index (χ4v) is 3.99. The Morgan fingerprint density at radius 3 is 2.39 bits per heavy atom. The normalized spacial score (nSPS) is 20.9. The first kappa shape index (κ1) is 14.3. The van der Waals surface area contributed by atoms with E-state index in [-0.39, 0.29) is 11.8 Å². The third-order valence-electron chi connectivity index (χ3n) is 3.66. The summed E-state index contributed by atoms with van der Waals surface area (Å²) < 4.78 is 26.3. The van der Waals surface area contributed by atoms with Crippen LogP contribution < -0.4 is 5.32 Å². The van der Waals surface area contributed by atoms with E-state index in [9.17, 15) is 8.42 Å². The van der Waals surface area contributed by atoms with Crippen molar-refractivity contribution < 1.29 is 8.42 Å². The van der Waals surface area contributed by atoms with Gasteiger partial charge in [0.15, 0.2) is 0 Å². The number of hydrogen-bond donors (Lipinski definition) is 1. The molecule has 2 fully saturated rings. The molecule has 2 aliphatic rings. The average molecular weight is 274 g/mol. The SMILES string of the molecule is CC(C)N(CC1CC1)S(=O)(=O)CCCNC1CC1. The molecule has 2 rings (SSSR count). The van der Waals surface area contributed by atoms with Crippen LogP contribution in [-0.2, 0) is 10.0 Å². The van der Waals surface area contributed by atoms with Crippen LogP contribution in [0.4, 0.5) is 0 Å². The molecule has 4 nitrogen and oxygen atoms in total. The first-order valence-corrected chi connectivity index (χ1v) is 8.83. The van der Waals surface area contributed by atoms with E-state index in [0.29, 0.717) is 12.0 Å². The minimum absolute atomic E-state index is 0.0898. The lowest BCUT2D eigenvalue weighted by atomic mass is 10.3. The molecule has 0 saturated heterocycles. The second-order valence-electron chi connectivity index (χ2n) is 6.00. The van der Waals surface area contributed by atoms with E-state index in [0.717, 1.165) is 19.5 Å². The molecule has 2 saturated carbocycles. The molecule has 5 heteroatoms. The predicted octanol–water partition coefficient (Wildman–Crippen LogP) is 1.58. The highest BCUT2D eigenvalue weighted by atomic mass is 32.2. The van der Waals surface area contributed by atoms with Crippen LogP contribution in [0.25, 0.3) is 0 Å². The van der Waals surface area contributed by atoms with Crippen molar-refractivity contribution in [3.8, 4) is 0 Å². The maximum absolute atomic E-state index is 12.3. The Kier molecular flexibility index (Phi) is 4.67. The van der Waals surface area contributed by atoms with Gasteiger partial charge in [-0.3, -0.25) is 0 Å². The highest BCUT2D eigenvalue weighted by Crippen LogP contribution is 2.31. The summed E-state index contributed by atoms with van der Waals surface area (Å²) in [4.78, 5) is 0. The number of nitrogens with zero attached hydrogens (tertiary/aromatic N) is 1. The van der Waals surface area contributed by atoms with Crippen molar-refractivity contribution in [2.45, 2.75) is 58.0 Å². The molecular weight excluding hydrogens is 248 g/mol. The molecule has 0 aromatic heterocycles. The molecule has 0 amide bonds. The molecule has 0 unspecified atom stereocenters. The zero-order valence-corrected chi connectivity index (χ0v) is 12.4. The molecule has 106 valence electrons. The van der Waals surface area contributed by atoms with E-state index in [1.54, 1.807) is 4.31 Å². The van der Waals surface area contributed by atoms with E-state index in [1.165, 1.54) is 25.7 Å². The quantitative estimate of drug-likeness (QED) is 0.649. The Hall–Kier alpha value is -0.130. The zero-order valence-electron chi connectivity index (χ0n) is 11.6. The fourth-order valence-electron chi connectivity index (χ4n) is 2.17. The second kappa shape index (κ2) is 5.88. The van der Waals surface area contributed by atoms with Gasteiger partial charge in [0, 0.05) is 18.6 Å². The summed E-state index contributed by atoms with van der Waals surface area (Å²) in [7, 11) is -3.06. The number of hydrogen-bond acceptors (Lipinski definition) is 3. The minimum Gasteiger partial charge on any atom is -0.314 e. The summed E-state index contributed by atoms with van der Waals surface area (Å²) in [6, 6.07) is 0.757. The van der Waals surface area contributed by atoms with Gasteiger partial charge in [-0.05, 0) is 58.4 Å². The van der Waals surface area contributed by atoms with Gasteiger partial charge in [-0.25, -0.2) is 8.42 Å². The smallest absolute Gasteiger partial charge is 0.214 e. The van der Waals surface area contributed by atoms with Crippen molar-refractivity contribution >= 4 is 10.0 Å². The van der Waals surface area contributed by atoms with E-state index in [4.69, 9.17) is 0 Å². The topological polar surface area (TPSA) is 49.4 Å². The molecule has 0 bridgehead atoms. The van der Waals surface area contributed by atoms with Crippen molar-refractivity contribution in [1.82, 2.24) is 9.62 Å². The van der Waals surface area contributed by atoms with Crippen LogP contribution in [0.5, 0.6) is 0 Å². The van der Waals surface area contributed by atoms with E-state index < -0.39 is 10.0 Å². The van der Waals surface area contributed by atoms with Gasteiger partial charge in [0.05, 0.1) is 5.75 Å². The standard InChI is InChI=1S/C13H26N2O2S/c1-11(2)15(10-12-4-5-12)18(16,17)9-3-8-14-13-6-7-13/h11-14H,3-10H2,1-2H3. The van der Waals surface area contributed by atoms with Crippen LogP contribution >= 0.6 is 0 Å². The van der Waals surface area contributed by atoms with Gasteiger partial charge >= 0.3 is 0 Å². The summed E-state index contributed by atoms with van der Waals surface area (Å²) in [6.07, 6.45) is 5.63. The Labute approximate surface area is 111 Å². The van der Waals surface area contributed by atoms with Gasteiger partial charge in [-0.1, -0.05) is 0 Å². The summed E-state index contributed by atoms with van der Waals surface area (Å²) in [6.45, 7) is 5.51. The summed E-state index contributed by atoms with van der Waals surface area (Å²) >= 11 is 0. The summed E-state index contributed by atoms with van der Waals surface area (Å²) in [5, 5.41) is 3.37. The molecule has 0 heterocycles. The number of rotatable bonds is 9. The van der Waals surface area contributed by atoms with Crippen molar-refractivity contribution in [3.05, 3.63) is 0 Å². The summed E-state index contributed by atoms with van der Waals surface area (Å²) in [5.74, 6) is 0.907. The molecule has 18 heavy (non-hydrogen) atoms. The molecule has 0 aromatic carbocycles. The first-order valence-electron chi connectivity index (χ1n) is 7.22. The summed E-state index contributed by atoms with van der Waals surface area (Å²) in [5.41, 5.74) is 0. The first-order chi connectivity index (χ1) is 8.49. The van der Waals surface area contributed by atoms with Crippen LogP contribution in [-0.4, -0.2) is 43.6 Å². The highest BCUT2D eigenvalue weighted by Gasteiger charge is 2.32. The zero-order chi connectivity index (χ0) is 13.2. The van der Waals surface area contributed by atoms with Crippen LogP contribution in [0.3, 0.4) is 0 Å². The van der Waals surface area contributed by atoms with Crippen LogP contribution in [0.15, 0.2) is 0 Å². The lowest BCUT2D eigenvalue weighted by Gasteiger charge is -2.26. The third kappa shape index (κ3) is 4.52. The Morgan fingerprint density at radius 2 is 1.89 bits per heavy atom. The van der Waals surface area contributed by atoms with Crippen LogP contribution in [0, 0.1) is 5.92 Å². The number of sulfonamides is 1. The van der Waals surface area contributed by atoms with E-state index in [2.05, 4.69) is 5.32 Å². The van der Waals surface area contributed by atoms with Gasteiger partial charge < -0.3 is 5.32 Å². The van der Waals surface area contributed by atoms with E-state index in [1.807, 2.05) is 13.8 Å².